The molecule has 0 radical (unpaired) electrons. The van der Waals surface area contributed by atoms with Crippen molar-refractivity contribution >= 4 is 0 Å². The highest BCUT2D eigenvalue weighted by Gasteiger charge is 2.29. The molecular weight excluding hydrogens is 193 g/mol. The zero-order valence-corrected chi connectivity index (χ0v) is 8.82. The first kappa shape index (κ1) is 13.7. The molecule has 0 atom stereocenters. The number of likely N-dealkylation sites (N-methyl/N-ethyl adjacent to an activating group) is 1. The molecule has 0 saturated carbocycles. The Morgan fingerprint density at radius 1 is 1.14 bits per heavy atom. The molecule has 5 heteroatoms. The van der Waals surface area contributed by atoms with E-state index in [1.807, 2.05) is 13.8 Å². The Balaban J connectivity index is 3.77. The number of hydrogen-bond acceptors (Lipinski definition) is 2. The summed E-state index contributed by atoms with van der Waals surface area (Å²) >= 11 is 0. The van der Waals surface area contributed by atoms with E-state index in [0.717, 1.165) is 13.0 Å². The second-order valence-electron chi connectivity index (χ2n) is 3.24. The van der Waals surface area contributed by atoms with E-state index in [4.69, 9.17) is 0 Å². The van der Waals surface area contributed by atoms with Gasteiger partial charge in [-0.25, -0.2) is 0 Å². The molecular formula is C9H19F3N2. The molecule has 0 fully saturated rings. The lowest BCUT2D eigenvalue weighted by molar-refractivity contribution is -0.145. The molecule has 0 aliphatic heterocycles. The number of halogens is 3. The van der Waals surface area contributed by atoms with Gasteiger partial charge in [0, 0.05) is 13.1 Å². The number of nitrogens with zero attached hydrogens (tertiary/aromatic N) is 1. The SMILES string of the molecule is CCCN(CCNCC)CC(F)(F)F. The molecule has 0 saturated heterocycles. The maximum atomic E-state index is 12.1. The van der Waals surface area contributed by atoms with Crippen LogP contribution >= 0.6 is 0 Å². The summed E-state index contributed by atoms with van der Waals surface area (Å²) in [5, 5.41) is 3.01. The van der Waals surface area contributed by atoms with Crippen molar-refractivity contribution in [1.82, 2.24) is 10.2 Å². The standard InChI is InChI=1S/C9H19F3N2/c1-3-6-14(7-5-13-4-2)8-9(10,11)12/h13H,3-8H2,1-2H3. The Hall–Kier alpha value is -0.290. The van der Waals surface area contributed by atoms with Crippen LogP contribution in [0.5, 0.6) is 0 Å². The average molecular weight is 212 g/mol. The molecule has 0 amide bonds. The highest BCUT2D eigenvalue weighted by atomic mass is 19.4. The normalized spacial score (nSPS) is 12.4. The predicted molar refractivity (Wildman–Crippen MR) is 51.3 cm³/mol. The first-order valence-electron chi connectivity index (χ1n) is 4.99. The maximum absolute atomic E-state index is 12.1. The Morgan fingerprint density at radius 2 is 1.79 bits per heavy atom. The average Bonchev–Trinajstić information content (AvgIpc) is 2.02. The highest BCUT2D eigenvalue weighted by Crippen LogP contribution is 2.16. The number of hydrogen-bond donors (Lipinski definition) is 1. The molecule has 86 valence electrons. The number of rotatable bonds is 7. The summed E-state index contributed by atoms with van der Waals surface area (Å²) in [6.45, 7) is 5.40. The van der Waals surface area contributed by atoms with Gasteiger partial charge in [-0.05, 0) is 19.5 Å². The third kappa shape index (κ3) is 8.31. The molecule has 0 unspecified atom stereocenters. The van der Waals surface area contributed by atoms with E-state index < -0.39 is 12.7 Å². The molecule has 0 aromatic carbocycles. The Bertz CT molecular complexity index is 137. The molecule has 0 aliphatic carbocycles. The van der Waals surface area contributed by atoms with Crippen molar-refractivity contribution in [2.24, 2.45) is 0 Å². The van der Waals surface area contributed by atoms with E-state index in [-0.39, 0.29) is 0 Å². The van der Waals surface area contributed by atoms with Gasteiger partial charge in [0.05, 0.1) is 6.54 Å². The summed E-state index contributed by atoms with van der Waals surface area (Å²) in [5.74, 6) is 0. The molecule has 0 heterocycles. The van der Waals surface area contributed by atoms with Crippen LogP contribution in [-0.2, 0) is 0 Å². The maximum Gasteiger partial charge on any atom is 0.401 e. The van der Waals surface area contributed by atoms with Gasteiger partial charge < -0.3 is 5.32 Å². The van der Waals surface area contributed by atoms with Crippen molar-refractivity contribution in [3.8, 4) is 0 Å². The van der Waals surface area contributed by atoms with Crippen molar-refractivity contribution in [1.29, 1.82) is 0 Å². The van der Waals surface area contributed by atoms with E-state index in [1.54, 1.807) is 0 Å². The van der Waals surface area contributed by atoms with Gasteiger partial charge in [-0.1, -0.05) is 13.8 Å². The van der Waals surface area contributed by atoms with E-state index in [1.165, 1.54) is 4.90 Å². The molecule has 0 aromatic rings. The monoisotopic (exact) mass is 212 g/mol. The molecule has 0 spiro atoms. The summed E-state index contributed by atoms with van der Waals surface area (Å²) in [6, 6.07) is 0. The quantitative estimate of drug-likeness (QED) is 0.648. The smallest absolute Gasteiger partial charge is 0.316 e. The first-order chi connectivity index (χ1) is 6.49. The minimum atomic E-state index is -4.08. The predicted octanol–water partition coefficient (Wildman–Crippen LogP) is 1.87. The van der Waals surface area contributed by atoms with Crippen LogP contribution in [0.15, 0.2) is 0 Å². The van der Waals surface area contributed by atoms with Gasteiger partial charge in [0.15, 0.2) is 0 Å². The molecule has 0 aromatic heterocycles. The lowest BCUT2D eigenvalue weighted by Gasteiger charge is -2.22. The fourth-order valence-corrected chi connectivity index (χ4v) is 1.25. The zero-order chi connectivity index (χ0) is 11.0. The van der Waals surface area contributed by atoms with Crippen molar-refractivity contribution < 1.29 is 13.2 Å². The van der Waals surface area contributed by atoms with Crippen molar-refractivity contribution in [2.75, 3.05) is 32.7 Å². The third-order valence-electron chi connectivity index (χ3n) is 1.80. The van der Waals surface area contributed by atoms with Gasteiger partial charge in [0.25, 0.3) is 0 Å². The molecule has 14 heavy (non-hydrogen) atoms. The van der Waals surface area contributed by atoms with Crippen molar-refractivity contribution in [3.05, 3.63) is 0 Å². The van der Waals surface area contributed by atoms with Crippen molar-refractivity contribution in [2.45, 2.75) is 26.4 Å². The van der Waals surface area contributed by atoms with E-state index in [2.05, 4.69) is 5.32 Å². The lowest BCUT2D eigenvalue weighted by atomic mass is 10.4. The van der Waals surface area contributed by atoms with Gasteiger partial charge in [-0.3, -0.25) is 4.90 Å². The van der Waals surface area contributed by atoms with Crippen LogP contribution in [0.2, 0.25) is 0 Å². The topological polar surface area (TPSA) is 15.3 Å². The lowest BCUT2D eigenvalue weighted by Crippen LogP contribution is -2.39. The van der Waals surface area contributed by atoms with Gasteiger partial charge in [0.1, 0.15) is 0 Å². The van der Waals surface area contributed by atoms with Crippen LogP contribution in [0.1, 0.15) is 20.3 Å². The molecule has 0 aliphatic rings. The summed E-state index contributed by atoms with van der Waals surface area (Å²) in [5.41, 5.74) is 0. The number of alkyl halides is 3. The van der Waals surface area contributed by atoms with Crippen LogP contribution in [0, 0.1) is 0 Å². The second kappa shape index (κ2) is 7.06. The summed E-state index contributed by atoms with van der Waals surface area (Å²) in [7, 11) is 0. The van der Waals surface area contributed by atoms with Crippen LogP contribution in [0.25, 0.3) is 0 Å². The van der Waals surface area contributed by atoms with E-state index >= 15 is 0 Å². The van der Waals surface area contributed by atoms with Gasteiger partial charge in [0.2, 0.25) is 0 Å². The highest BCUT2D eigenvalue weighted by molar-refractivity contribution is 4.63. The summed E-state index contributed by atoms with van der Waals surface area (Å²) < 4.78 is 36.2. The van der Waals surface area contributed by atoms with E-state index in [9.17, 15) is 13.2 Å². The first-order valence-corrected chi connectivity index (χ1v) is 4.99. The molecule has 0 bridgehead atoms. The molecule has 2 nitrogen and oxygen atoms in total. The second-order valence-corrected chi connectivity index (χ2v) is 3.24. The van der Waals surface area contributed by atoms with Gasteiger partial charge in [-0.15, -0.1) is 0 Å². The van der Waals surface area contributed by atoms with Crippen LogP contribution < -0.4 is 5.32 Å². The largest absolute Gasteiger partial charge is 0.401 e. The van der Waals surface area contributed by atoms with Gasteiger partial charge in [-0.2, -0.15) is 13.2 Å². The Kier molecular flexibility index (Phi) is 6.92. The summed E-state index contributed by atoms with van der Waals surface area (Å²) in [4.78, 5) is 1.43. The zero-order valence-electron chi connectivity index (χ0n) is 8.82. The minimum absolute atomic E-state index is 0.460. The minimum Gasteiger partial charge on any atom is -0.316 e. The van der Waals surface area contributed by atoms with Crippen LogP contribution in [0.3, 0.4) is 0 Å². The van der Waals surface area contributed by atoms with Crippen molar-refractivity contribution in [3.63, 3.8) is 0 Å². The van der Waals surface area contributed by atoms with E-state index in [0.29, 0.717) is 19.6 Å². The molecule has 1 N–H and O–H groups in total. The molecule has 0 rings (SSSR count). The van der Waals surface area contributed by atoms with Crippen LogP contribution in [0.4, 0.5) is 13.2 Å². The Morgan fingerprint density at radius 3 is 2.21 bits per heavy atom. The fourth-order valence-electron chi connectivity index (χ4n) is 1.25. The summed E-state index contributed by atoms with van der Waals surface area (Å²) in [6.07, 6.45) is -3.33. The van der Waals surface area contributed by atoms with Crippen LogP contribution in [-0.4, -0.2) is 43.8 Å². The number of nitrogens with one attached hydrogen (secondary N) is 1. The van der Waals surface area contributed by atoms with Gasteiger partial charge >= 0.3 is 6.18 Å². The third-order valence-corrected chi connectivity index (χ3v) is 1.80. The fraction of sp³-hybridized carbons (Fsp3) is 1.00. The Labute approximate surface area is 83.5 Å².